The molecule has 0 spiro atoms. The number of ether oxygens (including phenoxy) is 2. The maximum Gasteiger partial charge on any atom is 0.172 e. The highest BCUT2D eigenvalue weighted by Gasteiger charge is 2.17. The molecule has 0 fully saturated rings. The summed E-state index contributed by atoms with van der Waals surface area (Å²) in [5.41, 5.74) is 2.59. The minimum Gasteiger partial charge on any atom is -0.493 e. The first-order chi connectivity index (χ1) is 12.3. The molecule has 0 aliphatic rings. The third-order valence-electron chi connectivity index (χ3n) is 4.26. The van der Waals surface area contributed by atoms with Gasteiger partial charge >= 0.3 is 0 Å². The smallest absolute Gasteiger partial charge is 0.172 e. The molecular formula is C19H18N4O2. The number of rotatable bonds is 4. The fourth-order valence-corrected chi connectivity index (χ4v) is 3.04. The lowest BCUT2D eigenvalue weighted by atomic mass is 10.2. The zero-order valence-electron chi connectivity index (χ0n) is 14.4. The Morgan fingerprint density at radius 1 is 0.960 bits per heavy atom. The monoisotopic (exact) mass is 334 g/mol. The lowest BCUT2D eigenvalue weighted by molar-refractivity contribution is 0.356. The summed E-state index contributed by atoms with van der Waals surface area (Å²) in [6.45, 7) is 2.07. The third-order valence-corrected chi connectivity index (χ3v) is 4.26. The van der Waals surface area contributed by atoms with Crippen LogP contribution in [0.5, 0.6) is 11.5 Å². The van der Waals surface area contributed by atoms with Crippen molar-refractivity contribution in [1.82, 2.24) is 19.6 Å². The van der Waals surface area contributed by atoms with Crippen LogP contribution in [0.25, 0.3) is 27.9 Å². The van der Waals surface area contributed by atoms with Crippen LogP contribution in [0.2, 0.25) is 0 Å². The SMILES string of the molecule is CCc1nc2cc(OC)c(OC)cc2c2nnc(-c3ccccc3)n12. The predicted octanol–water partition coefficient (Wildman–Crippen LogP) is 3.52. The van der Waals surface area contributed by atoms with Crippen LogP contribution < -0.4 is 9.47 Å². The van der Waals surface area contributed by atoms with Crippen LogP contribution in [0, 0.1) is 0 Å². The minimum atomic E-state index is 0.646. The molecule has 0 radical (unpaired) electrons. The van der Waals surface area contributed by atoms with Gasteiger partial charge in [-0.2, -0.15) is 0 Å². The van der Waals surface area contributed by atoms with Crippen molar-refractivity contribution in [3.8, 4) is 22.9 Å². The second-order valence-electron chi connectivity index (χ2n) is 5.65. The highest BCUT2D eigenvalue weighted by molar-refractivity contribution is 5.94. The van der Waals surface area contributed by atoms with Gasteiger partial charge in [-0.3, -0.25) is 4.40 Å². The van der Waals surface area contributed by atoms with Crippen molar-refractivity contribution in [3.05, 3.63) is 48.3 Å². The van der Waals surface area contributed by atoms with E-state index in [0.29, 0.717) is 11.5 Å². The van der Waals surface area contributed by atoms with E-state index < -0.39 is 0 Å². The van der Waals surface area contributed by atoms with Gasteiger partial charge < -0.3 is 9.47 Å². The molecule has 4 aromatic rings. The Morgan fingerprint density at radius 2 is 1.68 bits per heavy atom. The summed E-state index contributed by atoms with van der Waals surface area (Å²) in [7, 11) is 3.24. The van der Waals surface area contributed by atoms with Crippen molar-refractivity contribution in [2.75, 3.05) is 14.2 Å². The fraction of sp³-hybridized carbons (Fsp3) is 0.211. The minimum absolute atomic E-state index is 0.646. The van der Waals surface area contributed by atoms with E-state index in [2.05, 4.69) is 17.1 Å². The molecule has 25 heavy (non-hydrogen) atoms. The Balaban J connectivity index is 2.09. The first-order valence-electron chi connectivity index (χ1n) is 8.12. The Morgan fingerprint density at radius 3 is 2.36 bits per heavy atom. The van der Waals surface area contributed by atoms with E-state index in [1.807, 2.05) is 46.9 Å². The summed E-state index contributed by atoms with van der Waals surface area (Å²) < 4.78 is 12.8. The molecule has 2 aromatic heterocycles. The molecule has 0 atom stereocenters. The molecule has 126 valence electrons. The average molecular weight is 334 g/mol. The molecule has 0 N–H and O–H groups in total. The molecule has 0 aliphatic heterocycles. The number of methoxy groups -OCH3 is 2. The number of benzene rings is 2. The number of nitrogens with zero attached hydrogens (tertiary/aromatic N) is 4. The van der Waals surface area contributed by atoms with Crippen LogP contribution in [0.15, 0.2) is 42.5 Å². The Kier molecular flexibility index (Phi) is 3.72. The molecule has 2 aromatic carbocycles. The first-order valence-corrected chi connectivity index (χ1v) is 8.12. The highest BCUT2D eigenvalue weighted by atomic mass is 16.5. The zero-order chi connectivity index (χ0) is 17.4. The number of hydrogen-bond donors (Lipinski definition) is 0. The summed E-state index contributed by atoms with van der Waals surface area (Å²) in [4.78, 5) is 4.81. The lowest BCUT2D eigenvalue weighted by Crippen LogP contribution is -2.03. The van der Waals surface area contributed by atoms with Gasteiger partial charge in [-0.15, -0.1) is 10.2 Å². The molecule has 6 nitrogen and oxygen atoms in total. The number of aryl methyl sites for hydroxylation is 1. The maximum atomic E-state index is 5.43. The largest absolute Gasteiger partial charge is 0.493 e. The normalized spacial score (nSPS) is 11.2. The summed E-state index contributed by atoms with van der Waals surface area (Å²) in [5.74, 6) is 2.99. The van der Waals surface area contributed by atoms with Crippen LogP contribution >= 0.6 is 0 Å². The molecule has 0 unspecified atom stereocenters. The van der Waals surface area contributed by atoms with Crippen LogP contribution in [0.3, 0.4) is 0 Å². The van der Waals surface area contributed by atoms with E-state index in [4.69, 9.17) is 14.5 Å². The molecule has 0 saturated heterocycles. The highest BCUT2D eigenvalue weighted by Crippen LogP contribution is 2.34. The molecule has 0 amide bonds. The molecule has 0 bridgehead atoms. The van der Waals surface area contributed by atoms with Gasteiger partial charge in [0, 0.05) is 23.4 Å². The van der Waals surface area contributed by atoms with E-state index in [9.17, 15) is 0 Å². The molecule has 2 heterocycles. The van der Waals surface area contributed by atoms with Crippen molar-refractivity contribution in [1.29, 1.82) is 0 Å². The number of fused-ring (bicyclic) bond motifs is 3. The van der Waals surface area contributed by atoms with Gasteiger partial charge in [0.15, 0.2) is 23.0 Å². The van der Waals surface area contributed by atoms with Gasteiger partial charge in [-0.05, 0) is 6.07 Å². The third kappa shape index (κ3) is 2.38. The standard InChI is InChI=1S/C19H18N4O2/c1-4-17-20-14-11-16(25-3)15(24-2)10-13(14)19-22-21-18(23(17)19)12-8-6-5-7-9-12/h5-11H,4H2,1-3H3. The number of hydrogen-bond acceptors (Lipinski definition) is 5. The Labute approximate surface area is 145 Å². The van der Waals surface area contributed by atoms with Gasteiger partial charge in [-0.1, -0.05) is 37.3 Å². The van der Waals surface area contributed by atoms with Gasteiger partial charge in [-0.25, -0.2) is 4.98 Å². The van der Waals surface area contributed by atoms with E-state index >= 15 is 0 Å². The van der Waals surface area contributed by atoms with Crippen molar-refractivity contribution in [2.24, 2.45) is 0 Å². The second-order valence-corrected chi connectivity index (χ2v) is 5.65. The van der Waals surface area contributed by atoms with E-state index in [0.717, 1.165) is 40.2 Å². The second kappa shape index (κ2) is 6.05. The van der Waals surface area contributed by atoms with Gasteiger partial charge in [0.1, 0.15) is 5.82 Å². The molecule has 0 aliphatic carbocycles. The van der Waals surface area contributed by atoms with Crippen LogP contribution in [-0.2, 0) is 6.42 Å². The van der Waals surface area contributed by atoms with Gasteiger partial charge in [0.05, 0.1) is 19.7 Å². The lowest BCUT2D eigenvalue weighted by Gasteiger charge is -2.11. The topological polar surface area (TPSA) is 61.5 Å². The van der Waals surface area contributed by atoms with E-state index in [-0.39, 0.29) is 0 Å². The molecule has 6 heteroatoms. The van der Waals surface area contributed by atoms with Crippen molar-refractivity contribution in [3.63, 3.8) is 0 Å². The van der Waals surface area contributed by atoms with Crippen LogP contribution in [-0.4, -0.2) is 33.8 Å². The van der Waals surface area contributed by atoms with Gasteiger partial charge in [0.25, 0.3) is 0 Å². The van der Waals surface area contributed by atoms with Gasteiger partial charge in [0.2, 0.25) is 0 Å². The van der Waals surface area contributed by atoms with Crippen molar-refractivity contribution < 1.29 is 9.47 Å². The Bertz CT molecular complexity index is 1060. The number of aromatic nitrogens is 4. The average Bonchev–Trinajstić information content (AvgIpc) is 3.12. The van der Waals surface area contributed by atoms with Crippen LogP contribution in [0.4, 0.5) is 0 Å². The summed E-state index contributed by atoms with van der Waals surface area (Å²) >= 11 is 0. The molecular weight excluding hydrogens is 316 g/mol. The van der Waals surface area contributed by atoms with E-state index in [1.54, 1.807) is 14.2 Å². The Hall–Kier alpha value is -3.15. The molecule has 0 saturated carbocycles. The summed E-state index contributed by atoms with van der Waals surface area (Å²) in [6.07, 6.45) is 0.763. The molecule has 4 rings (SSSR count). The van der Waals surface area contributed by atoms with E-state index in [1.165, 1.54) is 0 Å². The predicted molar refractivity (Wildman–Crippen MR) is 96.2 cm³/mol. The zero-order valence-corrected chi connectivity index (χ0v) is 14.4. The summed E-state index contributed by atoms with van der Waals surface area (Å²) in [6, 6.07) is 13.8. The van der Waals surface area contributed by atoms with Crippen molar-refractivity contribution in [2.45, 2.75) is 13.3 Å². The van der Waals surface area contributed by atoms with Crippen molar-refractivity contribution >= 4 is 16.6 Å². The summed E-state index contributed by atoms with van der Waals surface area (Å²) in [5, 5.41) is 9.74. The van der Waals surface area contributed by atoms with Crippen LogP contribution in [0.1, 0.15) is 12.7 Å². The first kappa shape index (κ1) is 15.4. The quantitative estimate of drug-likeness (QED) is 0.571. The fourth-order valence-electron chi connectivity index (χ4n) is 3.04. The maximum absolute atomic E-state index is 5.43.